The molecule has 0 fully saturated rings. The number of amidine groups is 1. The maximum atomic E-state index is 8.70. The second kappa shape index (κ2) is 5.31. The predicted molar refractivity (Wildman–Crippen MR) is 58.9 cm³/mol. The molecule has 0 aromatic carbocycles. The first-order chi connectivity index (χ1) is 7.15. The monoisotopic (exact) mass is 208 g/mol. The average molecular weight is 208 g/mol. The summed E-state index contributed by atoms with van der Waals surface area (Å²) in [6, 6.07) is 5.59. The number of nitrogens with two attached hydrogens (primary N) is 1. The maximum absolute atomic E-state index is 8.70. The van der Waals surface area contributed by atoms with Crippen molar-refractivity contribution in [1.29, 1.82) is 0 Å². The molecular weight excluding hydrogens is 192 g/mol. The first-order valence-corrected chi connectivity index (χ1v) is 4.68. The number of hydrogen-bond donors (Lipinski definition) is 2. The van der Waals surface area contributed by atoms with E-state index >= 15 is 0 Å². The molecule has 15 heavy (non-hydrogen) atoms. The van der Waals surface area contributed by atoms with Crippen LogP contribution < -0.4 is 5.73 Å². The third-order valence-corrected chi connectivity index (χ3v) is 2.07. The molecule has 3 N–H and O–H groups in total. The van der Waals surface area contributed by atoms with Gasteiger partial charge < -0.3 is 15.8 Å². The van der Waals surface area contributed by atoms with Crippen molar-refractivity contribution in [2.45, 2.75) is 5.92 Å². The van der Waals surface area contributed by atoms with Gasteiger partial charge in [-0.15, -0.1) is 0 Å². The molecule has 1 atom stereocenters. The van der Waals surface area contributed by atoms with Gasteiger partial charge in [0.25, 0.3) is 0 Å². The number of rotatable bonds is 4. The van der Waals surface area contributed by atoms with Gasteiger partial charge in [0.15, 0.2) is 0 Å². The Morgan fingerprint density at radius 2 is 2.33 bits per heavy atom. The molecule has 1 heterocycles. The van der Waals surface area contributed by atoms with Gasteiger partial charge in [-0.05, 0) is 26.2 Å². The molecule has 0 radical (unpaired) electrons. The summed E-state index contributed by atoms with van der Waals surface area (Å²) >= 11 is 0. The van der Waals surface area contributed by atoms with Crippen molar-refractivity contribution in [2.75, 3.05) is 20.6 Å². The van der Waals surface area contributed by atoms with Crippen molar-refractivity contribution < 1.29 is 5.21 Å². The Morgan fingerprint density at radius 1 is 1.60 bits per heavy atom. The fraction of sp³-hybridized carbons (Fsp3) is 0.400. The Kier molecular flexibility index (Phi) is 4.05. The van der Waals surface area contributed by atoms with Gasteiger partial charge in [-0.1, -0.05) is 11.2 Å². The zero-order chi connectivity index (χ0) is 11.3. The number of likely N-dealkylation sites (N-methyl/N-ethyl adjacent to an activating group) is 1. The van der Waals surface area contributed by atoms with Crippen molar-refractivity contribution in [2.24, 2.45) is 10.9 Å². The molecule has 0 aliphatic rings. The highest BCUT2D eigenvalue weighted by atomic mass is 16.4. The van der Waals surface area contributed by atoms with E-state index in [-0.39, 0.29) is 11.8 Å². The van der Waals surface area contributed by atoms with Crippen LogP contribution in [0.25, 0.3) is 0 Å². The van der Waals surface area contributed by atoms with Crippen LogP contribution in [-0.4, -0.2) is 41.6 Å². The van der Waals surface area contributed by atoms with E-state index < -0.39 is 0 Å². The van der Waals surface area contributed by atoms with Crippen molar-refractivity contribution in [3.63, 3.8) is 0 Å². The second-order valence-corrected chi connectivity index (χ2v) is 3.59. The van der Waals surface area contributed by atoms with Crippen LogP contribution in [0.5, 0.6) is 0 Å². The number of nitrogens with zero attached hydrogens (tertiary/aromatic N) is 3. The molecule has 5 heteroatoms. The van der Waals surface area contributed by atoms with E-state index in [0.717, 1.165) is 5.69 Å². The fourth-order valence-corrected chi connectivity index (χ4v) is 1.36. The van der Waals surface area contributed by atoms with Crippen molar-refractivity contribution in [3.8, 4) is 0 Å². The Morgan fingerprint density at radius 3 is 2.80 bits per heavy atom. The molecule has 1 unspecified atom stereocenters. The molecule has 0 amide bonds. The first kappa shape index (κ1) is 11.5. The van der Waals surface area contributed by atoms with Crippen LogP contribution in [0.3, 0.4) is 0 Å². The second-order valence-electron chi connectivity index (χ2n) is 3.59. The SMILES string of the molecule is CN(C)CC(/C(N)=N/O)c1ccccn1. The summed E-state index contributed by atoms with van der Waals surface area (Å²) in [7, 11) is 3.86. The maximum Gasteiger partial charge on any atom is 0.149 e. The minimum Gasteiger partial charge on any atom is -0.409 e. The molecule has 1 aromatic rings. The first-order valence-electron chi connectivity index (χ1n) is 4.68. The summed E-state index contributed by atoms with van der Waals surface area (Å²) in [5, 5.41) is 11.7. The van der Waals surface area contributed by atoms with Crippen molar-refractivity contribution >= 4 is 5.84 Å². The van der Waals surface area contributed by atoms with Gasteiger partial charge in [-0.25, -0.2) is 0 Å². The number of pyridine rings is 1. The van der Waals surface area contributed by atoms with E-state index in [1.807, 2.05) is 37.2 Å². The van der Waals surface area contributed by atoms with E-state index in [1.165, 1.54) is 0 Å². The normalized spacial score (nSPS) is 14.2. The minimum atomic E-state index is -0.175. The quantitative estimate of drug-likeness (QED) is 0.326. The van der Waals surface area contributed by atoms with Crippen molar-refractivity contribution in [3.05, 3.63) is 30.1 Å². The highest BCUT2D eigenvalue weighted by Gasteiger charge is 2.18. The Balaban J connectivity index is 2.91. The van der Waals surface area contributed by atoms with Gasteiger partial charge in [0.1, 0.15) is 5.84 Å². The molecule has 0 saturated heterocycles. The molecule has 0 aliphatic carbocycles. The van der Waals surface area contributed by atoms with Crippen molar-refractivity contribution in [1.82, 2.24) is 9.88 Å². The van der Waals surface area contributed by atoms with Crippen LogP contribution in [0.15, 0.2) is 29.6 Å². The fourth-order valence-electron chi connectivity index (χ4n) is 1.36. The topological polar surface area (TPSA) is 74.7 Å². The zero-order valence-corrected chi connectivity index (χ0v) is 8.96. The lowest BCUT2D eigenvalue weighted by atomic mass is 10.0. The smallest absolute Gasteiger partial charge is 0.149 e. The molecule has 0 bridgehead atoms. The third-order valence-electron chi connectivity index (χ3n) is 2.07. The number of hydrogen-bond acceptors (Lipinski definition) is 4. The minimum absolute atomic E-state index is 0.175. The molecule has 82 valence electrons. The molecule has 1 rings (SSSR count). The van der Waals surface area contributed by atoms with Crippen LogP contribution in [0.2, 0.25) is 0 Å². The van der Waals surface area contributed by atoms with E-state index in [2.05, 4.69) is 10.1 Å². The Bertz CT molecular complexity index is 323. The summed E-state index contributed by atoms with van der Waals surface area (Å²) in [6.45, 7) is 0.660. The van der Waals surface area contributed by atoms with Crippen LogP contribution in [0.1, 0.15) is 11.6 Å². The standard InChI is InChI=1S/C10H16N4O/c1-14(2)7-8(10(11)13-15)9-5-3-4-6-12-9/h3-6,8,15H,7H2,1-2H3,(H2,11,13). The largest absolute Gasteiger partial charge is 0.409 e. The summed E-state index contributed by atoms with van der Waals surface area (Å²) in [5.74, 6) is 0.00796. The summed E-state index contributed by atoms with van der Waals surface area (Å²) in [4.78, 5) is 6.17. The third kappa shape index (κ3) is 3.21. The van der Waals surface area contributed by atoms with Crippen LogP contribution in [-0.2, 0) is 0 Å². The van der Waals surface area contributed by atoms with Gasteiger partial charge in [-0.3, -0.25) is 4.98 Å². The lowest BCUT2D eigenvalue weighted by Crippen LogP contribution is -2.31. The predicted octanol–water partition coefficient (Wildman–Crippen LogP) is 0.473. The zero-order valence-electron chi connectivity index (χ0n) is 8.96. The van der Waals surface area contributed by atoms with Crippen LogP contribution in [0.4, 0.5) is 0 Å². The number of oxime groups is 1. The summed E-state index contributed by atoms with van der Waals surface area (Å²) < 4.78 is 0. The van der Waals surface area contributed by atoms with Gasteiger partial charge in [-0.2, -0.15) is 0 Å². The highest BCUT2D eigenvalue weighted by molar-refractivity contribution is 5.86. The highest BCUT2D eigenvalue weighted by Crippen LogP contribution is 2.13. The summed E-state index contributed by atoms with van der Waals surface area (Å²) in [5.41, 5.74) is 6.44. The molecule has 5 nitrogen and oxygen atoms in total. The van der Waals surface area contributed by atoms with E-state index in [9.17, 15) is 0 Å². The van der Waals surface area contributed by atoms with E-state index in [1.54, 1.807) is 6.20 Å². The average Bonchev–Trinajstić information content (AvgIpc) is 2.26. The Hall–Kier alpha value is -1.62. The van der Waals surface area contributed by atoms with Gasteiger partial charge in [0.2, 0.25) is 0 Å². The molecule has 0 aliphatic heterocycles. The van der Waals surface area contributed by atoms with E-state index in [4.69, 9.17) is 10.9 Å². The lowest BCUT2D eigenvalue weighted by Gasteiger charge is -2.19. The van der Waals surface area contributed by atoms with E-state index in [0.29, 0.717) is 6.54 Å². The van der Waals surface area contributed by atoms with Crippen LogP contribution >= 0.6 is 0 Å². The summed E-state index contributed by atoms with van der Waals surface area (Å²) in [6.07, 6.45) is 1.70. The van der Waals surface area contributed by atoms with Gasteiger partial charge in [0.05, 0.1) is 11.6 Å². The number of aromatic nitrogens is 1. The van der Waals surface area contributed by atoms with Gasteiger partial charge >= 0.3 is 0 Å². The molecular formula is C10H16N4O. The Labute approximate surface area is 89.2 Å². The molecule has 0 spiro atoms. The lowest BCUT2D eigenvalue weighted by molar-refractivity contribution is 0.312. The molecule has 1 aromatic heterocycles. The van der Waals surface area contributed by atoms with Gasteiger partial charge in [0, 0.05) is 12.7 Å². The van der Waals surface area contributed by atoms with Crippen LogP contribution in [0, 0.1) is 0 Å². The molecule has 0 saturated carbocycles.